The van der Waals surface area contributed by atoms with E-state index in [1.54, 1.807) is 0 Å². The summed E-state index contributed by atoms with van der Waals surface area (Å²) < 4.78 is 16.4. The third-order valence-electron chi connectivity index (χ3n) is 3.60. The molecule has 0 saturated carbocycles. The molecule has 1 atom stereocenters. The number of ether oxygens (including phenoxy) is 3. The van der Waals surface area contributed by atoms with Gasteiger partial charge in [-0.2, -0.15) is 0 Å². The highest BCUT2D eigenvalue weighted by molar-refractivity contribution is 5.89. The molecule has 1 unspecified atom stereocenters. The summed E-state index contributed by atoms with van der Waals surface area (Å²) in [6, 6.07) is 5.70. The Labute approximate surface area is 126 Å². The summed E-state index contributed by atoms with van der Waals surface area (Å²) in [7, 11) is 0. The second-order valence-electron chi connectivity index (χ2n) is 6.28. The topological polar surface area (TPSA) is 44.8 Å². The van der Waals surface area contributed by atoms with Gasteiger partial charge in [0.15, 0.2) is 5.79 Å². The van der Waals surface area contributed by atoms with Gasteiger partial charge in [-0.1, -0.05) is 19.9 Å². The second kappa shape index (κ2) is 6.16. The van der Waals surface area contributed by atoms with Gasteiger partial charge in [0, 0.05) is 0 Å². The summed E-state index contributed by atoms with van der Waals surface area (Å²) >= 11 is 0. The summed E-state index contributed by atoms with van der Waals surface area (Å²) in [5.74, 6) is -0.463. The van der Waals surface area contributed by atoms with E-state index in [4.69, 9.17) is 14.2 Å². The third kappa shape index (κ3) is 4.05. The smallest absolute Gasteiger partial charge is 0.338 e. The number of carbonyl (C=O) groups is 1. The predicted octanol–water partition coefficient (Wildman–Crippen LogP) is 3.43. The molecule has 0 bridgehead atoms. The fourth-order valence-electron chi connectivity index (χ4n) is 2.55. The summed E-state index contributed by atoms with van der Waals surface area (Å²) in [6.07, 6.45) is -0.194. The molecule has 0 aromatic heterocycles. The highest BCUT2D eigenvalue weighted by Crippen LogP contribution is 2.23. The largest absolute Gasteiger partial charge is 0.459 e. The third-order valence-corrected chi connectivity index (χ3v) is 3.60. The van der Waals surface area contributed by atoms with Crippen molar-refractivity contribution in [2.24, 2.45) is 0 Å². The van der Waals surface area contributed by atoms with E-state index in [0.29, 0.717) is 18.1 Å². The Hall–Kier alpha value is -1.39. The highest BCUT2D eigenvalue weighted by atomic mass is 16.7. The van der Waals surface area contributed by atoms with Gasteiger partial charge < -0.3 is 14.2 Å². The molecule has 4 nitrogen and oxygen atoms in total. The lowest BCUT2D eigenvalue weighted by molar-refractivity contribution is -0.142. The standard InChI is InChI=1S/C17H24O4/c1-11(2)15-7-6-13(8-12(15)3)16(18)19-9-14-10-20-17(4,5)21-14/h6-8,11,14H,9-10H2,1-5H3. The van der Waals surface area contributed by atoms with Gasteiger partial charge in [-0.25, -0.2) is 4.79 Å². The predicted molar refractivity (Wildman–Crippen MR) is 80.5 cm³/mol. The Morgan fingerprint density at radius 1 is 1.43 bits per heavy atom. The number of esters is 1. The van der Waals surface area contributed by atoms with Crippen LogP contribution in [0.15, 0.2) is 18.2 Å². The molecular weight excluding hydrogens is 268 g/mol. The lowest BCUT2D eigenvalue weighted by atomic mass is 9.96. The van der Waals surface area contributed by atoms with Crippen molar-refractivity contribution in [1.82, 2.24) is 0 Å². The van der Waals surface area contributed by atoms with Gasteiger partial charge in [0.2, 0.25) is 0 Å². The normalized spacial score (nSPS) is 20.8. The number of hydrogen-bond acceptors (Lipinski definition) is 4. The van der Waals surface area contributed by atoms with Crippen molar-refractivity contribution in [3.8, 4) is 0 Å². The van der Waals surface area contributed by atoms with Gasteiger partial charge in [-0.3, -0.25) is 0 Å². The molecule has 21 heavy (non-hydrogen) atoms. The van der Waals surface area contributed by atoms with Crippen molar-refractivity contribution >= 4 is 5.97 Å². The van der Waals surface area contributed by atoms with Crippen molar-refractivity contribution in [2.45, 2.75) is 52.4 Å². The number of hydrogen-bond donors (Lipinski definition) is 0. The highest BCUT2D eigenvalue weighted by Gasteiger charge is 2.33. The van der Waals surface area contributed by atoms with Crippen LogP contribution in [0.5, 0.6) is 0 Å². The van der Waals surface area contributed by atoms with Gasteiger partial charge in [0.05, 0.1) is 12.2 Å². The first kappa shape index (κ1) is 16.0. The van der Waals surface area contributed by atoms with Crippen molar-refractivity contribution in [2.75, 3.05) is 13.2 Å². The maximum Gasteiger partial charge on any atom is 0.338 e. The second-order valence-corrected chi connectivity index (χ2v) is 6.28. The van der Waals surface area contributed by atoms with Crippen molar-refractivity contribution in [3.05, 3.63) is 34.9 Å². The van der Waals surface area contributed by atoms with Crippen LogP contribution >= 0.6 is 0 Å². The summed E-state index contributed by atoms with van der Waals surface area (Å²) in [4.78, 5) is 12.1. The van der Waals surface area contributed by atoms with Crippen molar-refractivity contribution < 1.29 is 19.0 Å². The summed E-state index contributed by atoms with van der Waals surface area (Å²) in [5.41, 5.74) is 2.94. The van der Waals surface area contributed by atoms with E-state index in [1.807, 2.05) is 39.0 Å². The first-order valence-electron chi connectivity index (χ1n) is 7.38. The zero-order valence-corrected chi connectivity index (χ0v) is 13.4. The van der Waals surface area contributed by atoms with Crippen LogP contribution in [0.25, 0.3) is 0 Å². The van der Waals surface area contributed by atoms with Crippen LogP contribution < -0.4 is 0 Å². The molecule has 2 rings (SSSR count). The molecule has 1 aromatic rings. The molecule has 1 fully saturated rings. The minimum Gasteiger partial charge on any atom is -0.459 e. The van der Waals surface area contributed by atoms with E-state index in [1.165, 1.54) is 5.56 Å². The van der Waals surface area contributed by atoms with E-state index < -0.39 is 5.79 Å². The van der Waals surface area contributed by atoms with Crippen LogP contribution in [-0.2, 0) is 14.2 Å². The number of benzene rings is 1. The molecule has 0 spiro atoms. The molecule has 116 valence electrons. The molecule has 0 amide bonds. The van der Waals surface area contributed by atoms with E-state index in [0.717, 1.165) is 5.56 Å². The van der Waals surface area contributed by atoms with Gasteiger partial charge in [-0.15, -0.1) is 0 Å². The molecule has 0 radical (unpaired) electrons. The molecule has 1 saturated heterocycles. The number of aryl methyl sites for hydroxylation is 1. The Morgan fingerprint density at radius 2 is 2.14 bits per heavy atom. The monoisotopic (exact) mass is 292 g/mol. The Balaban J connectivity index is 1.93. The number of carbonyl (C=O) groups excluding carboxylic acids is 1. The van der Waals surface area contributed by atoms with Crippen LogP contribution in [0.4, 0.5) is 0 Å². The maximum absolute atomic E-state index is 12.1. The van der Waals surface area contributed by atoms with Crippen LogP contribution in [0.1, 0.15) is 55.1 Å². The molecule has 1 aliphatic heterocycles. The first-order chi connectivity index (χ1) is 9.78. The maximum atomic E-state index is 12.1. The minimum absolute atomic E-state index is 0.194. The SMILES string of the molecule is Cc1cc(C(=O)OCC2COC(C)(C)O2)ccc1C(C)C. The lowest BCUT2D eigenvalue weighted by Crippen LogP contribution is -2.25. The number of rotatable bonds is 4. The average molecular weight is 292 g/mol. The molecule has 1 aromatic carbocycles. The van der Waals surface area contributed by atoms with Crippen LogP contribution in [0, 0.1) is 6.92 Å². The summed E-state index contributed by atoms with van der Waals surface area (Å²) in [6.45, 7) is 10.7. The van der Waals surface area contributed by atoms with Crippen LogP contribution in [0.2, 0.25) is 0 Å². The van der Waals surface area contributed by atoms with Gasteiger partial charge in [0.25, 0.3) is 0 Å². The van der Waals surface area contributed by atoms with Gasteiger partial charge in [0.1, 0.15) is 12.7 Å². The molecule has 0 N–H and O–H groups in total. The fraction of sp³-hybridized carbons (Fsp3) is 0.588. The lowest BCUT2D eigenvalue weighted by Gasteiger charge is -2.17. The van der Waals surface area contributed by atoms with Crippen LogP contribution in [-0.4, -0.2) is 31.1 Å². The zero-order valence-electron chi connectivity index (χ0n) is 13.4. The van der Waals surface area contributed by atoms with Crippen molar-refractivity contribution in [3.63, 3.8) is 0 Å². The zero-order chi connectivity index (χ0) is 15.6. The Kier molecular flexibility index (Phi) is 4.69. The molecule has 1 heterocycles. The van der Waals surface area contributed by atoms with E-state index in [2.05, 4.69) is 13.8 Å². The van der Waals surface area contributed by atoms with Gasteiger partial charge >= 0.3 is 5.97 Å². The molecule has 4 heteroatoms. The quantitative estimate of drug-likeness (QED) is 0.798. The molecular formula is C17H24O4. The first-order valence-corrected chi connectivity index (χ1v) is 7.38. The van der Waals surface area contributed by atoms with Crippen molar-refractivity contribution in [1.29, 1.82) is 0 Å². The molecule has 1 aliphatic rings. The van der Waals surface area contributed by atoms with E-state index >= 15 is 0 Å². The Bertz CT molecular complexity index is 520. The van der Waals surface area contributed by atoms with Crippen LogP contribution in [0.3, 0.4) is 0 Å². The fourth-order valence-corrected chi connectivity index (χ4v) is 2.55. The average Bonchev–Trinajstić information content (AvgIpc) is 2.75. The van der Waals surface area contributed by atoms with E-state index in [9.17, 15) is 4.79 Å². The van der Waals surface area contributed by atoms with E-state index in [-0.39, 0.29) is 18.7 Å². The van der Waals surface area contributed by atoms with Gasteiger partial charge in [-0.05, 0) is 49.9 Å². The molecule has 0 aliphatic carbocycles. The summed E-state index contributed by atoms with van der Waals surface area (Å²) in [5, 5.41) is 0. The minimum atomic E-state index is -0.591. The Morgan fingerprint density at radius 3 is 2.67 bits per heavy atom.